The fourth-order valence-electron chi connectivity index (χ4n) is 3.18. The number of anilines is 1. The highest BCUT2D eigenvalue weighted by Gasteiger charge is 2.34. The Morgan fingerprint density at radius 3 is 2.48 bits per heavy atom. The molecule has 0 aromatic heterocycles. The maximum Gasteiger partial charge on any atom is 0.344 e. The van der Waals surface area contributed by atoms with Crippen molar-refractivity contribution in [3.63, 3.8) is 0 Å². The first-order chi connectivity index (χ1) is 15.7. The van der Waals surface area contributed by atoms with Crippen molar-refractivity contribution in [1.29, 1.82) is 0 Å². The Kier molecular flexibility index (Phi) is 7.75. The van der Waals surface area contributed by atoms with Crippen LogP contribution in [0.4, 0.5) is 5.69 Å². The highest BCUT2D eigenvalue weighted by molar-refractivity contribution is 9.10. The number of carbonyl (C=O) groups excluding carboxylic acids is 3. The second-order valence-corrected chi connectivity index (χ2v) is 8.12. The monoisotopic (exact) mass is 516 g/mol. The zero-order chi connectivity index (χ0) is 24.1. The first-order valence-corrected chi connectivity index (χ1v) is 11.2. The number of nitrogens with one attached hydrogen (secondary N) is 1. The number of hydrazine groups is 1. The Bertz CT molecular complexity index is 1130. The summed E-state index contributed by atoms with van der Waals surface area (Å²) in [7, 11) is 0. The number of rotatable bonds is 8. The van der Waals surface area contributed by atoms with Gasteiger partial charge in [-0.15, -0.1) is 0 Å². The third-order valence-corrected chi connectivity index (χ3v) is 5.51. The number of halogens is 1. The van der Waals surface area contributed by atoms with Crippen molar-refractivity contribution in [3.8, 4) is 11.5 Å². The molecule has 2 amide bonds. The van der Waals surface area contributed by atoms with Crippen molar-refractivity contribution in [1.82, 2.24) is 5.43 Å². The van der Waals surface area contributed by atoms with Gasteiger partial charge in [-0.05, 0) is 90.7 Å². The third-order valence-electron chi connectivity index (χ3n) is 4.92. The van der Waals surface area contributed by atoms with Gasteiger partial charge in [0.05, 0.1) is 23.4 Å². The molecule has 33 heavy (non-hydrogen) atoms. The van der Waals surface area contributed by atoms with Crippen LogP contribution in [0, 0.1) is 13.8 Å². The van der Waals surface area contributed by atoms with Crippen LogP contribution in [-0.2, 0) is 19.1 Å². The van der Waals surface area contributed by atoms with Crippen LogP contribution in [0.5, 0.6) is 11.5 Å². The fraction of sp³-hybridized carbons (Fsp3) is 0.292. The van der Waals surface area contributed by atoms with Crippen LogP contribution in [0.2, 0.25) is 0 Å². The highest BCUT2D eigenvalue weighted by Crippen LogP contribution is 2.38. The molecule has 1 N–H and O–H groups in total. The number of ether oxygens (including phenoxy) is 3. The van der Waals surface area contributed by atoms with Gasteiger partial charge in [0, 0.05) is 0 Å². The standard InChI is InChI=1S/C24H25BrN2O6/c1-5-31-20-12-16(11-19(25)22(20)33-13-21(28)32-6-2)10-18-23(29)26-27(24(18)30)17-8-7-14(3)15(4)9-17/h7-12H,5-6,13H2,1-4H3,(H,26,29)/b18-10-. The van der Waals surface area contributed by atoms with Gasteiger partial charge >= 0.3 is 5.97 Å². The van der Waals surface area contributed by atoms with E-state index in [0.717, 1.165) is 11.1 Å². The van der Waals surface area contributed by atoms with Gasteiger partial charge in [0.15, 0.2) is 18.1 Å². The van der Waals surface area contributed by atoms with E-state index in [0.29, 0.717) is 33.8 Å². The Morgan fingerprint density at radius 2 is 1.82 bits per heavy atom. The van der Waals surface area contributed by atoms with Crippen LogP contribution in [0.1, 0.15) is 30.5 Å². The van der Waals surface area contributed by atoms with Crippen molar-refractivity contribution in [3.05, 3.63) is 57.1 Å². The lowest BCUT2D eigenvalue weighted by Crippen LogP contribution is -2.35. The molecule has 0 aliphatic carbocycles. The van der Waals surface area contributed by atoms with Crippen LogP contribution in [0.3, 0.4) is 0 Å². The molecule has 2 aromatic rings. The Morgan fingerprint density at radius 1 is 1.06 bits per heavy atom. The summed E-state index contributed by atoms with van der Waals surface area (Å²) in [4.78, 5) is 37.2. The average Bonchev–Trinajstić information content (AvgIpc) is 3.04. The van der Waals surface area contributed by atoms with E-state index in [1.54, 1.807) is 25.1 Å². The van der Waals surface area contributed by atoms with Gasteiger partial charge in [-0.3, -0.25) is 15.0 Å². The number of aryl methyl sites for hydroxylation is 2. The minimum Gasteiger partial charge on any atom is -0.490 e. The zero-order valence-corrected chi connectivity index (χ0v) is 20.4. The molecular formula is C24H25BrN2O6. The molecule has 0 radical (unpaired) electrons. The molecule has 8 nitrogen and oxygen atoms in total. The molecule has 0 unspecified atom stereocenters. The van der Waals surface area contributed by atoms with E-state index in [2.05, 4.69) is 21.4 Å². The summed E-state index contributed by atoms with van der Waals surface area (Å²) in [5.41, 5.74) is 5.82. The molecule has 1 fully saturated rings. The lowest BCUT2D eigenvalue weighted by atomic mass is 10.1. The second kappa shape index (κ2) is 10.5. The lowest BCUT2D eigenvalue weighted by Gasteiger charge is -2.16. The molecule has 3 rings (SSSR count). The van der Waals surface area contributed by atoms with Crippen molar-refractivity contribution in [2.75, 3.05) is 24.8 Å². The molecule has 1 saturated heterocycles. The van der Waals surface area contributed by atoms with Crippen molar-refractivity contribution < 1.29 is 28.6 Å². The predicted octanol–water partition coefficient (Wildman–Crippen LogP) is 3.87. The number of hydrogen-bond donors (Lipinski definition) is 1. The molecule has 9 heteroatoms. The summed E-state index contributed by atoms with van der Waals surface area (Å²) >= 11 is 3.42. The van der Waals surface area contributed by atoms with Crippen LogP contribution in [0.15, 0.2) is 40.4 Å². The van der Waals surface area contributed by atoms with E-state index < -0.39 is 17.8 Å². The Hall–Kier alpha value is -3.33. The molecule has 0 saturated carbocycles. The minimum atomic E-state index is -0.505. The molecule has 2 aromatic carbocycles. The number of carbonyl (C=O) groups is 3. The van der Waals surface area contributed by atoms with Gasteiger partial charge in [-0.1, -0.05) is 6.07 Å². The molecule has 0 atom stereocenters. The third kappa shape index (κ3) is 5.54. The summed E-state index contributed by atoms with van der Waals surface area (Å²) in [6.07, 6.45) is 1.49. The summed E-state index contributed by atoms with van der Waals surface area (Å²) in [5, 5.41) is 1.23. The summed E-state index contributed by atoms with van der Waals surface area (Å²) < 4.78 is 16.6. The highest BCUT2D eigenvalue weighted by atomic mass is 79.9. The molecule has 1 aliphatic rings. The zero-order valence-electron chi connectivity index (χ0n) is 18.9. The molecule has 174 valence electrons. The number of amides is 2. The van der Waals surface area contributed by atoms with Gasteiger partial charge in [0.1, 0.15) is 5.57 Å². The van der Waals surface area contributed by atoms with Crippen LogP contribution < -0.4 is 19.9 Å². The van der Waals surface area contributed by atoms with Crippen molar-refractivity contribution in [2.45, 2.75) is 27.7 Å². The first-order valence-electron chi connectivity index (χ1n) is 10.4. The summed E-state index contributed by atoms with van der Waals surface area (Å²) in [6.45, 7) is 7.76. The van der Waals surface area contributed by atoms with E-state index in [4.69, 9.17) is 14.2 Å². The van der Waals surface area contributed by atoms with Gasteiger partial charge in [0.2, 0.25) is 0 Å². The topological polar surface area (TPSA) is 94.2 Å². The summed E-state index contributed by atoms with van der Waals surface area (Å²) in [5.74, 6) is -0.779. The van der Waals surface area contributed by atoms with Gasteiger partial charge in [-0.25, -0.2) is 9.80 Å². The lowest BCUT2D eigenvalue weighted by molar-refractivity contribution is -0.145. The first kappa shape index (κ1) is 24.3. The Labute approximate surface area is 200 Å². The van der Waals surface area contributed by atoms with Crippen LogP contribution in [-0.4, -0.2) is 37.6 Å². The number of esters is 1. The number of benzene rings is 2. The molecule has 1 heterocycles. The second-order valence-electron chi connectivity index (χ2n) is 7.26. The van der Waals surface area contributed by atoms with E-state index in [1.165, 1.54) is 11.1 Å². The fourth-order valence-corrected chi connectivity index (χ4v) is 3.75. The van der Waals surface area contributed by atoms with Gasteiger partial charge in [-0.2, -0.15) is 0 Å². The summed E-state index contributed by atoms with van der Waals surface area (Å²) in [6, 6.07) is 8.83. The SMILES string of the molecule is CCOC(=O)COc1c(Br)cc(/C=C2/C(=O)NN(c3ccc(C)c(C)c3)C2=O)cc1OCC. The van der Waals surface area contributed by atoms with E-state index in [-0.39, 0.29) is 18.8 Å². The van der Waals surface area contributed by atoms with E-state index >= 15 is 0 Å². The molecule has 0 bridgehead atoms. The van der Waals surface area contributed by atoms with Crippen LogP contribution in [0.25, 0.3) is 6.08 Å². The van der Waals surface area contributed by atoms with Crippen molar-refractivity contribution in [2.24, 2.45) is 0 Å². The van der Waals surface area contributed by atoms with Crippen molar-refractivity contribution >= 4 is 45.5 Å². The maximum atomic E-state index is 13.0. The Balaban J connectivity index is 1.89. The minimum absolute atomic E-state index is 0.0113. The quantitative estimate of drug-likeness (QED) is 0.325. The average molecular weight is 517 g/mol. The predicted molar refractivity (Wildman–Crippen MR) is 127 cm³/mol. The van der Waals surface area contributed by atoms with Gasteiger partial charge < -0.3 is 14.2 Å². The largest absolute Gasteiger partial charge is 0.490 e. The van der Waals surface area contributed by atoms with Gasteiger partial charge in [0.25, 0.3) is 11.8 Å². The van der Waals surface area contributed by atoms with E-state index in [9.17, 15) is 14.4 Å². The number of hydrogen-bond acceptors (Lipinski definition) is 6. The molecular weight excluding hydrogens is 492 g/mol. The maximum absolute atomic E-state index is 13.0. The molecule has 0 spiro atoms. The van der Waals surface area contributed by atoms with E-state index in [1.807, 2.05) is 32.9 Å². The van der Waals surface area contributed by atoms with Crippen LogP contribution >= 0.6 is 15.9 Å². The molecule has 1 aliphatic heterocycles. The normalized spacial score (nSPS) is 14.5. The smallest absolute Gasteiger partial charge is 0.344 e. The number of nitrogens with zero attached hydrogens (tertiary/aromatic N) is 1.